The summed E-state index contributed by atoms with van der Waals surface area (Å²) in [6.07, 6.45) is 6.06. The summed E-state index contributed by atoms with van der Waals surface area (Å²) >= 11 is 0. The van der Waals surface area contributed by atoms with Crippen molar-refractivity contribution in [3.05, 3.63) is 0 Å². The van der Waals surface area contributed by atoms with Gasteiger partial charge in [0.2, 0.25) is 0 Å². The van der Waals surface area contributed by atoms with Crippen LogP contribution in [-0.2, 0) is 4.74 Å². The minimum atomic E-state index is -0.420. The van der Waals surface area contributed by atoms with Gasteiger partial charge in [0.15, 0.2) is 0 Å². The van der Waals surface area contributed by atoms with E-state index in [-0.39, 0.29) is 6.09 Å². The fraction of sp³-hybridized carbons (Fsp3) is 0.944. The number of hydrogen-bond acceptors (Lipinski definition) is 4. The first-order valence-electron chi connectivity index (χ1n) is 9.23. The standard InChI is InChI=1S/C18H35N3O2/c1-6-21(17(22)23-18(2,3)4)11-7-10-19-14-12-15-8-9-16(13-14)20(15)5/h14-16,19H,6-13H2,1-5H3. The SMILES string of the molecule is CCN(CCCNC1CC2CCC(C1)N2C)C(=O)OC(C)(C)C. The van der Waals surface area contributed by atoms with Gasteiger partial charge in [-0.3, -0.25) is 0 Å². The van der Waals surface area contributed by atoms with Crippen LogP contribution in [0.2, 0.25) is 0 Å². The van der Waals surface area contributed by atoms with E-state index in [9.17, 15) is 4.79 Å². The first-order valence-corrected chi connectivity index (χ1v) is 9.23. The Labute approximate surface area is 141 Å². The molecule has 134 valence electrons. The maximum Gasteiger partial charge on any atom is 0.410 e. The van der Waals surface area contributed by atoms with E-state index in [1.165, 1.54) is 25.7 Å². The highest BCUT2D eigenvalue weighted by atomic mass is 16.6. The molecule has 0 aromatic carbocycles. The number of amides is 1. The highest BCUT2D eigenvalue weighted by Gasteiger charge is 2.37. The molecule has 1 N–H and O–H groups in total. The zero-order valence-corrected chi connectivity index (χ0v) is 15.6. The number of nitrogens with zero attached hydrogens (tertiary/aromatic N) is 2. The van der Waals surface area contributed by atoms with Gasteiger partial charge < -0.3 is 19.9 Å². The molecule has 2 aliphatic rings. The van der Waals surface area contributed by atoms with Gasteiger partial charge in [-0.05, 0) is 73.4 Å². The largest absolute Gasteiger partial charge is 0.444 e. The van der Waals surface area contributed by atoms with Gasteiger partial charge in [-0.1, -0.05) is 0 Å². The lowest BCUT2D eigenvalue weighted by molar-refractivity contribution is 0.0258. The zero-order valence-electron chi connectivity index (χ0n) is 15.6. The summed E-state index contributed by atoms with van der Waals surface area (Å²) in [5.41, 5.74) is -0.420. The number of hydrogen-bond donors (Lipinski definition) is 1. The van der Waals surface area contributed by atoms with Crippen LogP contribution < -0.4 is 5.32 Å². The Morgan fingerprint density at radius 1 is 1.26 bits per heavy atom. The fourth-order valence-corrected chi connectivity index (χ4v) is 3.86. The van der Waals surface area contributed by atoms with Crippen molar-refractivity contribution >= 4 is 6.09 Å². The van der Waals surface area contributed by atoms with Gasteiger partial charge >= 0.3 is 6.09 Å². The number of ether oxygens (including phenoxy) is 1. The van der Waals surface area contributed by atoms with Crippen molar-refractivity contribution in [2.75, 3.05) is 26.7 Å². The van der Waals surface area contributed by atoms with Crippen molar-refractivity contribution < 1.29 is 9.53 Å². The number of nitrogens with one attached hydrogen (secondary N) is 1. The van der Waals surface area contributed by atoms with Gasteiger partial charge in [-0.15, -0.1) is 0 Å². The fourth-order valence-electron chi connectivity index (χ4n) is 3.86. The Hall–Kier alpha value is -0.810. The van der Waals surface area contributed by atoms with E-state index in [1.807, 2.05) is 27.7 Å². The summed E-state index contributed by atoms with van der Waals surface area (Å²) in [6.45, 7) is 10.2. The first-order chi connectivity index (χ1) is 10.8. The average molecular weight is 325 g/mol. The van der Waals surface area contributed by atoms with E-state index < -0.39 is 5.60 Å². The third-order valence-corrected chi connectivity index (χ3v) is 5.17. The first kappa shape index (κ1) is 18.5. The molecule has 2 fully saturated rings. The molecule has 0 saturated carbocycles. The molecule has 23 heavy (non-hydrogen) atoms. The van der Waals surface area contributed by atoms with Crippen LogP contribution in [0.5, 0.6) is 0 Å². The van der Waals surface area contributed by atoms with Crippen LogP contribution in [0.3, 0.4) is 0 Å². The molecule has 2 atom stereocenters. The normalized spacial score (nSPS) is 28.0. The lowest BCUT2D eigenvalue weighted by Crippen LogP contribution is -2.47. The van der Waals surface area contributed by atoms with Crippen molar-refractivity contribution in [2.24, 2.45) is 0 Å². The molecule has 5 nitrogen and oxygen atoms in total. The Balaban J connectivity index is 1.65. The lowest BCUT2D eigenvalue weighted by atomic mass is 9.98. The highest BCUT2D eigenvalue weighted by Crippen LogP contribution is 2.34. The summed E-state index contributed by atoms with van der Waals surface area (Å²) in [6, 6.07) is 2.21. The molecule has 2 bridgehead atoms. The Morgan fingerprint density at radius 2 is 1.87 bits per heavy atom. The van der Waals surface area contributed by atoms with Crippen molar-refractivity contribution in [1.29, 1.82) is 0 Å². The third kappa shape index (κ3) is 5.35. The van der Waals surface area contributed by atoms with E-state index in [4.69, 9.17) is 4.74 Å². The summed E-state index contributed by atoms with van der Waals surface area (Å²) in [7, 11) is 2.28. The molecule has 5 heteroatoms. The molecule has 1 amide bonds. The predicted octanol–water partition coefficient (Wildman–Crippen LogP) is 2.85. The van der Waals surface area contributed by atoms with Crippen molar-refractivity contribution in [3.8, 4) is 0 Å². The molecule has 2 aliphatic heterocycles. The zero-order chi connectivity index (χ0) is 17.0. The number of carbonyl (C=O) groups excluding carboxylic acids is 1. The molecule has 2 unspecified atom stereocenters. The monoisotopic (exact) mass is 325 g/mol. The van der Waals surface area contributed by atoms with Crippen LogP contribution in [0.4, 0.5) is 4.79 Å². The molecule has 0 spiro atoms. The molecule has 0 aromatic heterocycles. The number of rotatable bonds is 6. The van der Waals surface area contributed by atoms with Crippen LogP contribution in [0.1, 0.15) is 59.8 Å². The Kier molecular flexibility index (Phi) is 6.32. The molecular formula is C18H35N3O2. The number of carbonyl (C=O) groups is 1. The van der Waals surface area contributed by atoms with E-state index in [0.717, 1.165) is 31.6 Å². The minimum Gasteiger partial charge on any atom is -0.444 e. The van der Waals surface area contributed by atoms with E-state index in [1.54, 1.807) is 4.90 Å². The third-order valence-electron chi connectivity index (χ3n) is 5.17. The van der Waals surface area contributed by atoms with Crippen LogP contribution in [0.15, 0.2) is 0 Å². The maximum atomic E-state index is 12.1. The average Bonchev–Trinajstić information content (AvgIpc) is 2.68. The van der Waals surface area contributed by atoms with Gasteiger partial charge in [0.1, 0.15) is 5.60 Å². The molecule has 0 radical (unpaired) electrons. The van der Waals surface area contributed by atoms with Crippen LogP contribution >= 0.6 is 0 Å². The second-order valence-electron chi connectivity index (χ2n) is 8.09. The van der Waals surface area contributed by atoms with Crippen molar-refractivity contribution in [2.45, 2.75) is 83.5 Å². The summed E-state index contributed by atoms with van der Waals surface area (Å²) in [5.74, 6) is 0. The summed E-state index contributed by atoms with van der Waals surface area (Å²) in [4.78, 5) is 16.5. The van der Waals surface area contributed by atoms with Gasteiger partial charge in [-0.25, -0.2) is 4.79 Å². The molecular weight excluding hydrogens is 290 g/mol. The topological polar surface area (TPSA) is 44.8 Å². The minimum absolute atomic E-state index is 0.197. The highest BCUT2D eigenvalue weighted by molar-refractivity contribution is 5.68. The molecule has 0 aromatic rings. The number of fused-ring (bicyclic) bond motifs is 2. The van der Waals surface area contributed by atoms with Crippen LogP contribution in [0.25, 0.3) is 0 Å². The van der Waals surface area contributed by atoms with E-state index in [2.05, 4.69) is 17.3 Å². The quantitative estimate of drug-likeness (QED) is 0.763. The number of piperidine rings is 1. The van der Waals surface area contributed by atoms with Crippen molar-refractivity contribution in [1.82, 2.24) is 15.1 Å². The van der Waals surface area contributed by atoms with Gasteiger partial charge in [0, 0.05) is 31.2 Å². The van der Waals surface area contributed by atoms with Crippen molar-refractivity contribution in [3.63, 3.8) is 0 Å². The lowest BCUT2D eigenvalue weighted by Gasteiger charge is -2.36. The Bertz CT molecular complexity index is 380. The second-order valence-corrected chi connectivity index (χ2v) is 8.09. The van der Waals surface area contributed by atoms with Gasteiger partial charge in [-0.2, -0.15) is 0 Å². The van der Waals surface area contributed by atoms with Crippen LogP contribution in [0, 0.1) is 0 Å². The molecule has 0 aliphatic carbocycles. The van der Waals surface area contributed by atoms with E-state index >= 15 is 0 Å². The smallest absolute Gasteiger partial charge is 0.410 e. The van der Waals surface area contributed by atoms with Gasteiger partial charge in [0.25, 0.3) is 0 Å². The predicted molar refractivity (Wildman–Crippen MR) is 93.7 cm³/mol. The summed E-state index contributed by atoms with van der Waals surface area (Å²) in [5, 5.41) is 3.70. The second kappa shape index (κ2) is 7.84. The summed E-state index contributed by atoms with van der Waals surface area (Å²) < 4.78 is 5.45. The molecule has 2 saturated heterocycles. The maximum absolute atomic E-state index is 12.1. The molecule has 2 rings (SSSR count). The van der Waals surface area contributed by atoms with Gasteiger partial charge in [0.05, 0.1) is 0 Å². The molecule has 2 heterocycles. The Morgan fingerprint density at radius 3 is 2.39 bits per heavy atom. The van der Waals surface area contributed by atoms with Crippen LogP contribution in [-0.4, -0.2) is 66.3 Å². The van der Waals surface area contributed by atoms with E-state index in [0.29, 0.717) is 12.6 Å².